The van der Waals surface area contributed by atoms with E-state index in [2.05, 4.69) is 41.8 Å². The normalized spacial score (nSPS) is 46.6. The second-order valence-corrected chi connectivity index (χ2v) is 21.4. The number of carbonyl (C=O) groups is 3. The molecule has 1 aromatic heterocycles. The van der Waals surface area contributed by atoms with E-state index in [1.165, 1.54) is 31.2 Å². The van der Waals surface area contributed by atoms with Gasteiger partial charge < -0.3 is 39.1 Å². The van der Waals surface area contributed by atoms with Gasteiger partial charge in [0.25, 0.3) is 0 Å². The predicted molar refractivity (Wildman–Crippen MR) is 219 cm³/mol. The van der Waals surface area contributed by atoms with Crippen LogP contribution >= 0.6 is 0 Å². The Morgan fingerprint density at radius 2 is 1.72 bits per heavy atom. The highest BCUT2D eigenvalue weighted by Gasteiger charge is 2.92. The number of hydrogen-bond acceptors (Lipinski definition) is 11. The van der Waals surface area contributed by atoms with Crippen LogP contribution in [0.4, 0.5) is 0 Å². The first kappa shape index (κ1) is 39.7. The van der Waals surface area contributed by atoms with Gasteiger partial charge >= 0.3 is 11.9 Å². The number of aliphatic hydroxyl groups is 1. The van der Waals surface area contributed by atoms with Crippen LogP contribution in [0.1, 0.15) is 121 Å². The molecular formula is C49H64N2O9. The van der Waals surface area contributed by atoms with Crippen molar-refractivity contribution >= 4 is 17.7 Å². The molecule has 9 fully saturated rings. The fourth-order valence-electron chi connectivity index (χ4n) is 16.1. The number of carbonyl (C=O) groups excluding carboxylic acids is 3. The van der Waals surface area contributed by atoms with E-state index in [9.17, 15) is 14.7 Å². The van der Waals surface area contributed by atoms with Crippen LogP contribution in [0.15, 0.2) is 47.1 Å². The number of fused-ring (bicyclic) bond motifs is 1. The van der Waals surface area contributed by atoms with Crippen molar-refractivity contribution in [2.75, 3.05) is 19.8 Å². The number of furan rings is 1. The number of aryl methyl sites for hydroxylation is 1. The summed E-state index contributed by atoms with van der Waals surface area (Å²) in [5.74, 6) is 0.385. The van der Waals surface area contributed by atoms with Gasteiger partial charge in [-0.2, -0.15) is 0 Å². The van der Waals surface area contributed by atoms with Gasteiger partial charge in [-0.05, 0) is 106 Å². The Bertz CT molecular complexity index is 2000. The second-order valence-electron chi connectivity index (χ2n) is 21.4. The first-order valence-electron chi connectivity index (χ1n) is 23.4. The summed E-state index contributed by atoms with van der Waals surface area (Å²) < 4.78 is 32.8. The van der Waals surface area contributed by atoms with Crippen molar-refractivity contribution in [3.63, 3.8) is 0 Å². The summed E-state index contributed by atoms with van der Waals surface area (Å²) in [5.41, 5.74) is -2.75. The highest BCUT2D eigenvalue weighted by molar-refractivity contribution is 5.92. The van der Waals surface area contributed by atoms with Crippen molar-refractivity contribution < 1.29 is 42.9 Å². The molecule has 5 aliphatic heterocycles. The largest absolute Gasteiger partial charge is 0.469 e. The zero-order valence-corrected chi connectivity index (χ0v) is 35.6. The van der Waals surface area contributed by atoms with E-state index >= 15 is 4.79 Å². The van der Waals surface area contributed by atoms with Crippen LogP contribution in [-0.4, -0.2) is 78.2 Å². The zero-order valence-electron chi connectivity index (χ0n) is 35.6. The highest BCUT2D eigenvalue weighted by atomic mass is 16.7. The van der Waals surface area contributed by atoms with Crippen molar-refractivity contribution in [2.24, 2.45) is 51.8 Å². The lowest BCUT2D eigenvalue weighted by Gasteiger charge is -2.70. The van der Waals surface area contributed by atoms with E-state index in [4.69, 9.17) is 23.4 Å². The molecule has 0 radical (unpaired) electrons. The van der Waals surface area contributed by atoms with Gasteiger partial charge in [0.05, 0.1) is 30.3 Å². The number of ether oxygens (including phenoxy) is 4. The molecule has 60 heavy (non-hydrogen) atoms. The third kappa shape index (κ3) is 5.46. The number of cyclic esters (lactones) is 2. The number of esters is 2. The molecular weight excluding hydrogens is 761 g/mol. The van der Waals surface area contributed by atoms with Crippen LogP contribution in [0.5, 0.6) is 0 Å². The van der Waals surface area contributed by atoms with Crippen molar-refractivity contribution in [1.29, 1.82) is 0 Å². The van der Waals surface area contributed by atoms with Crippen molar-refractivity contribution in [3.05, 3.63) is 59.5 Å². The summed E-state index contributed by atoms with van der Waals surface area (Å²) in [6, 6.07) is 13.1. The summed E-state index contributed by atoms with van der Waals surface area (Å²) >= 11 is 0. The number of Topliss-reactive ketones (excluding diaryl/α,β-unsaturated/α-hetero) is 1. The molecule has 5 saturated heterocycles. The van der Waals surface area contributed by atoms with Gasteiger partial charge in [-0.15, -0.1) is 0 Å². The van der Waals surface area contributed by atoms with Crippen LogP contribution in [0.2, 0.25) is 0 Å². The summed E-state index contributed by atoms with van der Waals surface area (Å²) in [4.78, 5) is 43.1. The Balaban J connectivity index is 0.979. The summed E-state index contributed by atoms with van der Waals surface area (Å²) in [6.07, 6.45) is 10.7. The quantitative estimate of drug-likeness (QED) is 0.201. The molecule has 1 aromatic carbocycles. The number of ketones is 1. The molecule has 13 atom stereocenters. The molecule has 0 amide bonds. The molecule has 11 rings (SSSR count). The summed E-state index contributed by atoms with van der Waals surface area (Å²) in [7, 11) is 0. The number of hydrogen-bond donors (Lipinski definition) is 3. The van der Waals surface area contributed by atoms with Crippen LogP contribution in [0, 0.1) is 51.8 Å². The lowest BCUT2D eigenvalue weighted by molar-refractivity contribution is -0.276. The fraction of sp³-hybridized carbons (Fsp3) is 0.735. The Labute approximate surface area is 353 Å². The third-order valence-corrected chi connectivity index (χ3v) is 18.4. The van der Waals surface area contributed by atoms with E-state index in [0.717, 1.165) is 75.4 Å². The SMILES string of the molecule is CC1(C)OC2CC(=O)OCC23C1C(=O)C(O)C1(C2CCCC(Cc4ccccc4)C2)C3CCC2(C)C(c3ccoc3CCC3CCC(C4CNCN4)CC3)OC(=O)C3OC321. The van der Waals surface area contributed by atoms with Gasteiger partial charge in [0.1, 0.15) is 30.2 Å². The van der Waals surface area contributed by atoms with Gasteiger partial charge in [-0.25, -0.2) is 4.79 Å². The van der Waals surface area contributed by atoms with E-state index in [-0.39, 0.29) is 36.6 Å². The van der Waals surface area contributed by atoms with E-state index in [1.54, 1.807) is 6.26 Å². The van der Waals surface area contributed by atoms with Gasteiger partial charge in [0, 0.05) is 47.5 Å². The number of benzene rings is 1. The molecule has 13 unspecified atom stereocenters. The molecule has 4 saturated carbocycles. The third-order valence-electron chi connectivity index (χ3n) is 18.4. The highest BCUT2D eigenvalue weighted by Crippen LogP contribution is 2.82. The van der Waals surface area contributed by atoms with Gasteiger partial charge in [-0.1, -0.05) is 62.9 Å². The molecule has 11 heteroatoms. The second kappa shape index (κ2) is 14.2. The molecule has 324 valence electrons. The minimum Gasteiger partial charge on any atom is -0.469 e. The van der Waals surface area contributed by atoms with E-state index in [0.29, 0.717) is 30.7 Å². The summed E-state index contributed by atoms with van der Waals surface area (Å²) in [5, 5.41) is 20.4. The minimum absolute atomic E-state index is 0.0584. The molecule has 3 N–H and O–H groups in total. The first-order chi connectivity index (χ1) is 28.9. The molecule has 11 nitrogen and oxygen atoms in total. The predicted octanol–water partition coefficient (Wildman–Crippen LogP) is 6.40. The van der Waals surface area contributed by atoms with Crippen molar-refractivity contribution in [2.45, 2.75) is 152 Å². The van der Waals surface area contributed by atoms with Crippen LogP contribution in [-0.2, 0) is 46.2 Å². The average molecular weight is 825 g/mol. The summed E-state index contributed by atoms with van der Waals surface area (Å²) in [6.45, 7) is 8.08. The molecule has 2 aromatic rings. The van der Waals surface area contributed by atoms with Crippen molar-refractivity contribution in [1.82, 2.24) is 10.6 Å². The Morgan fingerprint density at radius 3 is 2.50 bits per heavy atom. The minimum atomic E-state index is -1.40. The Kier molecular flexibility index (Phi) is 9.41. The topological polar surface area (TPSA) is 149 Å². The average Bonchev–Trinajstić information content (AvgIpc) is 3.50. The maximum absolute atomic E-state index is 15.5. The fourth-order valence-corrected chi connectivity index (χ4v) is 16.1. The lowest BCUT2D eigenvalue weighted by atomic mass is 9.32. The smallest absolute Gasteiger partial charge is 0.339 e. The number of nitrogens with one attached hydrogen (secondary N) is 2. The van der Waals surface area contributed by atoms with Crippen molar-refractivity contribution in [3.8, 4) is 0 Å². The van der Waals surface area contributed by atoms with Crippen LogP contribution in [0.3, 0.4) is 0 Å². The maximum atomic E-state index is 15.5. The molecule has 6 heterocycles. The standard InChI is InChI=1S/C49H64N2O9/c1-45(2)40-39(53)41(54)48(32-11-7-10-30(23-32)22-29-8-5-4-6-9-29)36(47(40)26-57-38(52)24-37(47)59-45)18-20-46(3)42(58-44(55)43-49(46,48)60-43)33-19-21-56-35(33)17-14-28-12-15-31(16-13-28)34-25-50-27-51-34/h4-6,8-9,19,21,28,30-32,34,36-37,40-43,50-51,54H,7,10-18,20,22-27H2,1-3H3. The molecule has 2 spiro atoms. The zero-order chi connectivity index (χ0) is 41.2. The molecule has 4 aliphatic carbocycles. The molecule has 9 aliphatic rings. The monoisotopic (exact) mass is 824 g/mol. The van der Waals surface area contributed by atoms with E-state index in [1.807, 2.05) is 26.0 Å². The van der Waals surface area contributed by atoms with Crippen LogP contribution < -0.4 is 10.6 Å². The number of aliphatic hydroxyl groups excluding tert-OH is 1. The maximum Gasteiger partial charge on any atom is 0.339 e. The van der Waals surface area contributed by atoms with Gasteiger partial charge in [0.15, 0.2) is 11.9 Å². The number of epoxide rings is 1. The molecule has 0 bridgehead atoms. The number of rotatable bonds is 8. The van der Waals surface area contributed by atoms with Crippen LogP contribution in [0.25, 0.3) is 0 Å². The Hall–Kier alpha value is -3.09. The Morgan fingerprint density at radius 1 is 0.900 bits per heavy atom. The lowest BCUT2D eigenvalue weighted by Crippen LogP contribution is -2.79. The first-order valence-corrected chi connectivity index (χ1v) is 23.4. The van der Waals surface area contributed by atoms with Gasteiger partial charge in [-0.3, -0.25) is 9.59 Å². The van der Waals surface area contributed by atoms with Gasteiger partial charge in [0.2, 0.25) is 0 Å². The van der Waals surface area contributed by atoms with E-state index < -0.39 is 63.8 Å².